The second-order valence-electron chi connectivity index (χ2n) is 7.16. The Hall–Kier alpha value is -2.00. The smallest absolute Gasteiger partial charge is 0.308 e. The molecule has 4 rings (SSSR count). The summed E-state index contributed by atoms with van der Waals surface area (Å²) >= 11 is 15.5. The molecule has 1 heterocycles. The molecule has 3 aromatic carbocycles. The van der Waals surface area contributed by atoms with E-state index in [1.807, 2.05) is 48.5 Å². The van der Waals surface area contributed by atoms with Gasteiger partial charge in [-0.05, 0) is 60.7 Å². The first-order chi connectivity index (χ1) is 17.7. The molecule has 0 bridgehead atoms. The van der Waals surface area contributed by atoms with E-state index in [9.17, 15) is 9.59 Å². The van der Waals surface area contributed by atoms with Gasteiger partial charge >= 0.3 is 5.97 Å². The van der Waals surface area contributed by atoms with Crippen molar-refractivity contribution in [3.05, 3.63) is 72.8 Å². The zero-order valence-corrected chi connectivity index (χ0v) is 24.9. The highest BCUT2D eigenvalue weighted by molar-refractivity contribution is 9.48. The average molecular weight is 615 g/mol. The normalized spacial score (nSPS) is 19.8. The molecule has 0 spiro atoms. The van der Waals surface area contributed by atoms with Gasteiger partial charge in [-0.3, -0.25) is 9.59 Å². The van der Waals surface area contributed by atoms with Gasteiger partial charge in [0.05, 0.1) is 16.0 Å². The van der Waals surface area contributed by atoms with Crippen LogP contribution in [0, 0.1) is 0 Å². The number of aromatic hydroxyl groups is 1. The van der Waals surface area contributed by atoms with Gasteiger partial charge in [0.15, 0.2) is 11.5 Å². The van der Waals surface area contributed by atoms with Crippen LogP contribution in [0.25, 0.3) is 0 Å². The summed E-state index contributed by atoms with van der Waals surface area (Å²) in [6.07, 6.45) is 0.333. The van der Waals surface area contributed by atoms with Gasteiger partial charge < -0.3 is 24.1 Å². The predicted octanol–water partition coefficient (Wildman–Crippen LogP) is 5.96. The molecule has 0 aromatic heterocycles. The third kappa shape index (κ3) is 7.99. The summed E-state index contributed by atoms with van der Waals surface area (Å²) in [6.45, 7) is 1.93. The molecule has 7 nitrogen and oxygen atoms in total. The number of para-hydroxylation sites is 2. The number of phenols is 1. The number of ether oxygens (including phenoxy) is 4. The van der Waals surface area contributed by atoms with Crippen molar-refractivity contribution in [3.8, 4) is 23.0 Å². The molecule has 1 aliphatic rings. The third-order valence-electron chi connectivity index (χ3n) is 4.75. The Balaban J connectivity index is 0.000000319. The molecule has 37 heavy (non-hydrogen) atoms. The Kier molecular flexibility index (Phi) is 10.9. The molecule has 1 fully saturated rings. The highest BCUT2D eigenvalue weighted by Crippen LogP contribution is 3.04. The molecular weight excluding hydrogens is 590 g/mol. The topological polar surface area (TPSA) is 91.3 Å². The van der Waals surface area contributed by atoms with Crippen molar-refractivity contribution in [1.82, 2.24) is 0 Å². The molecule has 1 aliphatic heterocycles. The lowest BCUT2D eigenvalue weighted by Gasteiger charge is -2.40. The van der Waals surface area contributed by atoms with E-state index in [1.165, 1.54) is 17.4 Å². The minimum atomic E-state index is -1.78. The minimum absolute atomic E-state index is 0.0328. The number of phenolic OH excluding ortho intramolecular Hbond substituents is 1. The van der Waals surface area contributed by atoms with Crippen LogP contribution in [0.2, 0.25) is 0 Å². The van der Waals surface area contributed by atoms with E-state index in [4.69, 9.17) is 42.9 Å². The van der Waals surface area contributed by atoms with Crippen molar-refractivity contribution in [2.45, 2.75) is 13.3 Å². The van der Waals surface area contributed by atoms with Crippen molar-refractivity contribution in [1.29, 1.82) is 0 Å². The number of carbonyl (C=O) groups excluding carboxylic acids is 2. The molecule has 0 unspecified atom stereocenters. The quantitative estimate of drug-likeness (QED) is 0.134. The van der Waals surface area contributed by atoms with Gasteiger partial charge in [-0.2, -0.15) is 0 Å². The van der Waals surface area contributed by atoms with E-state index in [1.54, 1.807) is 48.2 Å². The first kappa shape index (κ1) is 29.6. The van der Waals surface area contributed by atoms with Crippen molar-refractivity contribution in [2.75, 3.05) is 13.9 Å². The fraction of sp³-hybridized carbons (Fsp3) is 0.167. The maximum atomic E-state index is 11.1. The summed E-state index contributed by atoms with van der Waals surface area (Å²) in [5, 5.41) is 11.3. The predicted molar refractivity (Wildman–Crippen MR) is 159 cm³/mol. The van der Waals surface area contributed by atoms with Crippen LogP contribution in [0.3, 0.4) is 0 Å². The maximum Gasteiger partial charge on any atom is 0.308 e. The Labute approximate surface area is 233 Å². The van der Waals surface area contributed by atoms with Crippen LogP contribution in [0.4, 0.5) is 0 Å². The lowest BCUT2D eigenvalue weighted by molar-refractivity contribution is -0.149. The largest absolute Gasteiger partial charge is 0.504 e. The molecule has 13 heteroatoms. The number of hydrogen-bond acceptors (Lipinski definition) is 11. The van der Waals surface area contributed by atoms with Crippen LogP contribution < -0.4 is 24.8 Å². The number of carbonyl (C=O) groups is 2. The van der Waals surface area contributed by atoms with E-state index in [-0.39, 0.29) is 30.7 Å². The molecule has 3 aromatic rings. The lowest BCUT2D eigenvalue weighted by atomic mass is 10.3. The molecule has 196 valence electrons. The van der Waals surface area contributed by atoms with E-state index < -0.39 is 8.88 Å². The molecule has 0 aliphatic carbocycles. The summed E-state index contributed by atoms with van der Waals surface area (Å²) in [6, 6.07) is 22.0. The number of esters is 1. The fourth-order valence-corrected chi connectivity index (χ4v) is 45.1. The SMILES string of the molecule is CCC(=O)OCOc1ccc(P2(=S)SP(=S)(c3ccc(OC)cc3)S2)cc1.O=COc1ccccc1O. The number of methoxy groups -OCH3 is 1. The van der Waals surface area contributed by atoms with Crippen molar-refractivity contribution in [3.63, 3.8) is 0 Å². The number of benzene rings is 3. The van der Waals surface area contributed by atoms with Gasteiger partial charge in [0.25, 0.3) is 6.47 Å². The van der Waals surface area contributed by atoms with E-state index in [2.05, 4.69) is 4.74 Å². The summed E-state index contributed by atoms with van der Waals surface area (Å²) in [7, 11) is 1.65. The zero-order valence-electron chi connectivity index (χ0n) is 19.8. The van der Waals surface area contributed by atoms with Gasteiger partial charge in [-0.1, -0.05) is 64.7 Å². The summed E-state index contributed by atoms with van der Waals surface area (Å²) in [4.78, 5) is 20.9. The molecule has 0 amide bonds. The zero-order chi connectivity index (χ0) is 26.9. The molecule has 1 N–H and O–H groups in total. The lowest BCUT2D eigenvalue weighted by Crippen LogP contribution is -2.11. The van der Waals surface area contributed by atoms with Gasteiger partial charge in [-0.15, -0.1) is 0 Å². The Morgan fingerprint density at radius 1 is 0.919 bits per heavy atom. The number of rotatable bonds is 9. The average Bonchev–Trinajstić information content (AvgIpc) is 2.90. The van der Waals surface area contributed by atoms with Crippen LogP contribution in [0.5, 0.6) is 23.0 Å². The summed E-state index contributed by atoms with van der Waals surface area (Å²) in [5.74, 6) is 1.34. The van der Waals surface area contributed by atoms with Gasteiger partial charge in [0.1, 0.15) is 11.5 Å². The fourth-order valence-electron chi connectivity index (χ4n) is 2.84. The first-order valence-corrected chi connectivity index (χ1v) is 20.4. The Bertz CT molecular complexity index is 1300. The van der Waals surface area contributed by atoms with E-state index in [0.717, 1.165) is 11.1 Å². The molecule has 0 atom stereocenters. The van der Waals surface area contributed by atoms with E-state index in [0.29, 0.717) is 12.2 Å². The molecule has 0 saturated carbocycles. The van der Waals surface area contributed by atoms with Crippen LogP contribution in [-0.4, -0.2) is 31.5 Å². The maximum absolute atomic E-state index is 11.1. The minimum Gasteiger partial charge on any atom is -0.504 e. The van der Waals surface area contributed by atoms with Crippen LogP contribution >= 0.6 is 30.9 Å². The second-order valence-corrected chi connectivity index (χ2v) is 28.5. The standard InChI is InChI=1S/C17H18O4P2S4.C7H6O3/c1-3-17(18)21-12-20-14-6-10-16(11-7-14)23(25)26-22(24,27-23)15-8-4-13(19-2)5-9-15;8-5-10-7-4-2-1-3-6(7)9/h4-11H,3,12H2,1-2H3;1-5,9H. The van der Waals surface area contributed by atoms with Crippen molar-refractivity contribution >= 4 is 77.6 Å². The Morgan fingerprint density at radius 3 is 1.95 bits per heavy atom. The van der Waals surface area contributed by atoms with Gasteiger partial charge in [-0.25, -0.2) is 0 Å². The number of hydrogen-bond donors (Lipinski definition) is 1. The monoisotopic (exact) mass is 614 g/mol. The molecule has 0 radical (unpaired) electrons. The summed E-state index contributed by atoms with van der Waals surface area (Å²) in [5.41, 5.74) is 0. The van der Waals surface area contributed by atoms with Gasteiger partial charge in [0.2, 0.25) is 6.79 Å². The van der Waals surface area contributed by atoms with E-state index >= 15 is 0 Å². The van der Waals surface area contributed by atoms with Crippen LogP contribution in [-0.2, 0) is 37.9 Å². The highest BCUT2D eigenvalue weighted by atomic mass is 33.7. The second kappa shape index (κ2) is 13.7. The molecule has 1 saturated heterocycles. The van der Waals surface area contributed by atoms with Gasteiger partial charge in [0, 0.05) is 17.0 Å². The summed E-state index contributed by atoms with van der Waals surface area (Å²) < 4.78 is 16.4. The molecular formula is C24H24O7P2S4. The van der Waals surface area contributed by atoms with Crippen molar-refractivity contribution in [2.24, 2.45) is 0 Å². The first-order valence-electron chi connectivity index (χ1n) is 10.8. The third-order valence-corrected chi connectivity index (χ3v) is 36.0. The van der Waals surface area contributed by atoms with Crippen LogP contribution in [0.1, 0.15) is 13.3 Å². The Morgan fingerprint density at radius 2 is 1.46 bits per heavy atom. The van der Waals surface area contributed by atoms with Crippen LogP contribution in [0.15, 0.2) is 72.8 Å². The highest BCUT2D eigenvalue weighted by Gasteiger charge is 2.45. The van der Waals surface area contributed by atoms with Crippen molar-refractivity contribution < 1.29 is 33.6 Å².